The van der Waals surface area contributed by atoms with E-state index in [2.05, 4.69) is 0 Å². The quantitative estimate of drug-likeness (QED) is 0.636. The number of aliphatic hydroxyl groups excluding tert-OH is 1. The minimum atomic E-state index is -1.06. The molecule has 0 spiro atoms. The number of Topliss-reactive ketones (excluding diaryl/α,β-unsaturated/α-hetero) is 1. The van der Waals surface area contributed by atoms with Gasteiger partial charge in [0, 0.05) is 6.07 Å². The maximum atomic E-state index is 13.7. The molecule has 0 aromatic heterocycles. The molecule has 29 heavy (non-hydrogen) atoms. The Morgan fingerprint density at radius 1 is 1.07 bits per heavy atom. The van der Waals surface area contributed by atoms with Crippen molar-refractivity contribution in [3.05, 3.63) is 64.1 Å². The van der Waals surface area contributed by atoms with Crippen LogP contribution < -0.4 is 4.74 Å². The molecule has 2 aromatic carbocycles. The second kappa shape index (κ2) is 7.47. The zero-order valence-electron chi connectivity index (χ0n) is 17.1. The van der Waals surface area contributed by atoms with E-state index in [4.69, 9.17) is 21.1 Å². The Hall–Kier alpha value is -2.37. The van der Waals surface area contributed by atoms with E-state index in [1.165, 1.54) is 12.1 Å². The number of halogens is 2. The van der Waals surface area contributed by atoms with E-state index in [0.717, 1.165) is 5.56 Å². The SMILES string of the molecule is CCc1cc(Oc2ccc(Cl)c(F)c2)ccc1C1=C(O)C(C)(C)OC(C)(C)C1=O. The van der Waals surface area contributed by atoms with Crippen LogP contribution in [0.4, 0.5) is 4.39 Å². The largest absolute Gasteiger partial charge is 0.508 e. The van der Waals surface area contributed by atoms with Gasteiger partial charge < -0.3 is 14.6 Å². The molecule has 0 saturated carbocycles. The van der Waals surface area contributed by atoms with Crippen LogP contribution in [0.15, 0.2) is 42.2 Å². The molecule has 0 amide bonds. The summed E-state index contributed by atoms with van der Waals surface area (Å²) in [6.45, 7) is 8.80. The molecule has 6 heteroatoms. The summed E-state index contributed by atoms with van der Waals surface area (Å²) in [5.74, 6) is -0.134. The smallest absolute Gasteiger partial charge is 0.198 e. The van der Waals surface area contributed by atoms with Crippen molar-refractivity contribution in [2.45, 2.75) is 52.2 Å². The topological polar surface area (TPSA) is 55.8 Å². The number of carbonyl (C=O) groups is 1. The first-order chi connectivity index (χ1) is 13.5. The summed E-state index contributed by atoms with van der Waals surface area (Å²) < 4.78 is 25.2. The molecular weight excluding hydrogens is 395 g/mol. The third-order valence-electron chi connectivity index (χ3n) is 4.94. The number of rotatable bonds is 4. The molecule has 0 atom stereocenters. The fourth-order valence-corrected chi connectivity index (χ4v) is 3.66. The predicted octanol–water partition coefficient (Wildman–Crippen LogP) is 6.26. The first kappa shape index (κ1) is 21.3. The van der Waals surface area contributed by atoms with Crippen LogP contribution in [-0.4, -0.2) is 22.1 Å². The standard InChI is InChI=1S/C23H24ClFO4/c1-6-13-11-14(28-15-8-10-17(24)18(25)12-15)7-9-16(13)19-20(26)22(2,3)29-23(4,5)21(19)27/h7-12,26H,6H2,1-5H3. The van der Waals surface area contributed by atoms with Crippen molar-refractivity contribution in [2.75, 3.05) is 0 Å². The molecule has 0 aliphatic carbocycles. The molecular formula is C23H24ClFO4. The average molecular weight is 419 g/mol. The molecule has 0 radical (unpaired) electrons. The lowest BCUT2D eigenvalue weighted by Crippen LogP contribution is -2.49. The number of aryl methyl sites for hydroxylation is 1. The lowest BCUT2D eigenvalue weighted by molar-refractivity contribution is -0.158. The highest BCUT2D eigenvalue weighted by atomic mass is 35.5. The minimum absolute atomic E-state index is 0.0209. The van der Waals surface area contributed by atoms with E-state index in [9.17, 15) is 14.3 Å². The molecule has 154 valence electrons. The van der Waals surface area contributed by atoms with Gasteiger partial charge in [-0.25, -0.2) is 4.39 Å². The lowest BCUT2D eigenvalue weighted by Gasteiger charge is -2.40. The Kier molecular flexibility index (Phi) is 5.50. The molecule has 1 aliphatic rings. The first-order valence-electron chi connectivity index (χ1n) is 9.41. The van der Waals surface area contributed by atoms with Crippen molar-refractivity contribution in [1.82, 2.24) is 0 Å². The van der Waals surface area contributed by atoms with Gasteiger partial charge >= 0.3 is 0 Å². The third kappa shape index (κ3) is 4.02. The molecule has 0 bridgehead atoms. The second-order valence-corrected chi connectivity index (χ2v) is 8.43. The Morgan fingerprint density at radius 2 is 1.69 bits per heavy atom. The van der Waals surface area contributed by atoms with Gasteiger partial charge in [0.05, 0.1) is 10.6 Å². The molecule has 0 saturated heterocycles. The van der Waals surface area contributed by atoms with Crippen LogP contribution in [0.5, 0.6) is 11.5 Å². The Labute approximate surface area is 174 Å². The molecule has 0 fully saturated rings. The lowest BCUT2D eigenvalue weighted by atomic mass is 9.81. The summed E-state index contributed by atoms with van der Waals surface area (Å²) in [7, 11) is 0. The van der Waals surface area contributed by atoms with Gasteiger partial charge in [0.25, 0.3) is 0 Å². The predicted molar refractivity (Wildman–Crippen MR) is 111 cm³/mol. The highest BCUT2D eigenvalue weighted by molar-refractivity contribution is 6.30. The Balaban J connectivity index is 2.04. The van der Waals surface area contributed by atoms with E-state index in [0.29, 0.717) is 23.5 Å². The van der Waals surface area contributed by atoms with E-state index in [1.54, 1.807) is 52.0 Å². The number of ketones is 1. The van der Waals surface area contributed by atoms with E-state index in [1.807, 2.05) is 6.92 Å². The van der Waals surface area contributed by atoms with Crippen molar-refractivity contribution in [2.24, 2.45) is 0 Å². The molecule has 1 heterocycles. The maximum Gasteiger partial charge on any atom is 0.198 e. The van der Waals surface area contributed by atoms with Gasteiger partial charge in [0.1, 0.15) is 34.3 Å². The summed E-state index contributed by atoms with van der Waals surface area (Å²) in [6.07, 6.45) is 0.604. The van der Waals surface area contributed by atoms with E-state index >= 15 is 0 Å². The highest BCUT2D eigenvalue weighted by Crippen LogP contribution is 2.41. The number of ether oxygens (including phenoxy) is 2. The molecule has 1 N–H and O–H groups in total. The molecule has 2 aromatic rings. The van der Waals surface area contributed by atoms with E-state index < -0.39 is 17.0 Å². The molecule has 0 unspecified atom stereocenters. The van der Waals surface area contributed by atoms with Crippen LogP contribution in [0.2, 0.25) is 5.02 Å². The van der Waals surface area contributed by atoms with Gasteiger partial charge in [-0.05, 0) is 69.5 Å². The monoisotopic (exact) mass is 418 g/mol. The Bertz CT molecular complexity index is 1010. The van der Waals surface area contributed by atoms with Crippen LogP contribution in [0, 0.1) is 5.82 Å². The molecule has 4 nitrogen and oxygen atoms in total. The third-order valence-corrected chi connectivity index (χ3v) is 5.25. The summed E-state index contributed by atoms with van der Waals surface area (Å²) in [5, 5.41) is 10.8. The van der Waals surface area contributed by atoms with Crippen molar-refractivity contribution >= 4 is 23.0 Å². The van der Waals surface area contributed by atoms with E-state index in [-0.39, 0.29) is 22.1 Å². The minimum Gasteiger partial charge on any atom is -0.508 e. The van der Waals surface area contributed by atoms with Gasteiger partial charge in [-0.15, -0.1) is 0 Å². The Morgan fingerprint density at radius 3 is 2.31 bits per heavy atom. The van der Waals surface area contributed by atoms with Crippen molar-refractivity contribution in [1.29, 1.82) is 0 Å². The van der Waals surface area contributed by atoms with Crippen LogP contribution in [0.25, 0.3) is 5.57 Å². The van der Waals surface area contributed by atoms with Crippen LogP contribution in [0.3, 0.4) is 0 Å². The van der Waals surface area contributed by atoms with Crippen molar-refractivity contribution in [3.63, 3.8) is 0 Å². The number of benzene rings is 2. The zero-order valence-corrected chi connectivity index (χ0v) is 17.9. The van der Waals surface area contributed by atoms with Gasteiger partial charge in [0.2, 0.25) is 0 Å². The van der Waals surface area contributed by atoms with Gasteiger partial charge in [-0.2, -0.15) is 0 Å². The fraction of sp³-hybridized carbons (Fsp3) is 0.348. The highest BCUT2D eigenvalue weighted by Gasteiger charge is 2.47. The van der Waals surface area contributed by atoms with Crippen molar-refractivity contribution in [3.8, 4) is 11.5 Å². The van der Waals surface area contributed by atoms with Crippen LogP contribution >= 0.6 is 11.6 Å². The summed E-state index contributed by atoms with van der Waals surface area (Å²) in [5.41, 5.74) is -0.346. The normalized spacial score (nSPS) is 18.1. The number of aliphatic hydroxyl groups is 1. The first-order valence-corrected chi connectivity index (χ1v) is 9.79. The zero-order chi connectivity index (χ0) is 21.6. The second-order valence-electron chi connectivity index (χ2n) is 8.03. The fourth-order valence-electron chi connectivity index (χ4n) is 3.54. The average Bonchev–Trinajstić information content (AvgIpc) is 2.63. The van der Waals surface area contributed by atoms with Gasteiger partial charge in [0.15, 0.2) is 5.78 Å². The van der Waals surface area contributed by atoms with Crippen LogP contribution in [-0.2, 0) is 16.0 Å². The number of hydrogen-bond acceptors (Lipinski definition) is 4. The van der Waals surface area contributed by atoms with Crippen molar-refractivity contribution < 1.29 is 23.8 Å². The molecule has 3 rings (SSSR count). The molecule has 1 aliphatic heterocycles. The summed E-state index contributed by atoms with van der Waals surface area (Å²) in [6, 6.07) is 9.42. The maximum absolute atomic E-state index is 13.7. The van der Waals surface area contributed by atoms with Gasteiger partial charge in [-0.3, -0.25) is 4.79 Å². The van der Waals surface area contributed by atoms with Gasteiger partial charge in [-0.1, -0.05) is 24.6 Å². The number of carbonyl (C=O) groups excluding carboxylic acids is 1. The number of hydrogen-bond donors (Lipinski definition) is 1. The van der Waals surface area contributed by atoms with Crippen LogP contribution in [0.1, 0.15) is 45.7 Å². The summed E-state index contributed by atoms with van der Waals surface area (Å²) in [4.78, 5) is 13.0. The summed E-state index contributed by atoms with van der Waals surface area (Å²) >= 11 is 5.71.